The summed E-state index contributed by atoms with van der Waals surface area (Å²) in [5.41, 5.74) is 0. The van der Waals surface area contributed by atoms with Crippen molar-refractivity contribution in [2.45, 2.75) is 13.0 Å². The summed E-state index contributed by atoms with van der Waals surface area (Å²) in [4.78, 5) is 12.1. The lowest BCUT2D eigenvalue weighted by Crippen LogP contribution is -2.28. The van der Waals surface area contributed by atoms with Gasteiger partial charge in [-0.25, -0.2) is 4.79 Å². The van der Waals surface area contributed by atoms with Crippen LogP contribution in [0.25, 0.3) is 0 Å². The molecule has 1 aliphatic rings. The molecule has 0 fully saturated rings. The summed E-state index contributed by atoms with van der Waals surface area (Å²) in [7, 11) is 0. The van der Waals surface area contributed by atoms with Crippen LogP contribution in [0.1, 0.15) is 6.92 Å². The Hall–Kier alpha value is -2.21. The van der Waals surface area contributed by atoms with Crippen LogP contribution < -0.4 is 18.9 Å². The van der Waals surface area contributed by atoms with Crippen LogP contribution in [0.4, 0.5) is 0 Å². The molecule has 0 saturated carbocycles. The fraction of sp³-hybridized carbons (Fsp3) is 0.188. The summed E-state index contributed by atoms with van der Waals surface area (Å²) in [5, 5.41) is 0. The molecule has 1 atom stereocenters. The Kier molecular flexibility index (Phi) is 4.20. The van der Waals surface area contributed by atoms with E-state index in [2.05, 4.69) is 15.9 Å². The smallest absolute Gasteiger partial charge is 0.352 e. The predicted molar refractivity (Wildman–Crippen MR) is 82.4 cm³/mol. The highest BCUT2D eigenvalue weighted by atomic mass is 79.9. The van der Waals surface area contributed by atoms with Crippen LogP contribution >= 0.6 is 15.9 Å². The molecule has 0 aromatic heterocycles. The SMILES string of the molecule is C[C@H](Oc1ccc(Br)cc1)C(=O)Oc1ccc2c(c1)OCO2. The van der Waals surface area contributed by atoms with Crippen LogP contribution in [-0.2, 0) is 4.79 Å². The molecule has 2 aromatic rings. The molecular weight excluding hydrogens is 352 g/mol. The average Bonchev–Trinajstić information content (AvgIpc) is 2.97. The first-order valence-corrected chi connectivity index (χ1v) is 7.45. The van der Waals surface area contributed by atoms with Gasteiger partial charge in [0.05, 0.1) is 0 Å². The second kappa shape index (κ2) is 6.27. The molecule has 2 aromatic carbocycles. The molecule has 0 bridgehead atoms. The summed E-state index contributed by atoms with van der Waals surface area (Å²) in [6, 6.07) is 12.2. The van der Waals surface area contributed by atoms with Crippen LogP contribution in [0.15, 0.2) is 46.9 Å². The summed E-state index contributed by atoms with van der Waals surface area (Å²) in [6.07, 6.45) is -0.730. The normalized spacial score (nSPS) is 13.5. The van der Waals surface area contributed by atoms with Crippen molar-refractivity contribution in [1.82, 2.24) is 0 Å². The van der Waals surface area contributed by atoms with Gasteiger partial charge in [0, 0.05) is 10.5 Å². The van der Waals surface area contributed by atoms with Crippen molar-refractivity contribution in [3.63, 3.8) is 0 Å². The van der Waals surface area contributed by atoms with Gasteiger partial charge in [-0.2, -0.15) is 0 Å². The molecule has 0 saturated heterocycles. The van der Waals surface area contributed by atoms with E-state index in [9.17, 15) is 4.79 Å². The van der Waals surface area contributed by atoms with Gasteiger partial charge in [-0.05, 0) is 43.3 Å². The maximum atomic E-state index is 12.1. The molecule has 0 N–H and O–H groups in total. The quantitative estimate of drug-likeness (QED) is 0.613. The standard InChI is InChI=1S/C16H13BrO5/c1-10(21-12-4-2-11(17)3-5-12)16(18)22-13-6-7-14-15(8-13)20-9-19-14/h2-8,10H,9H2,1H3/t10-/m0/s1. The van der Waals surface area contributed by atoms with Gasteiger partial charge < -0.3 is 18.9 Å². The summed E-state index contributed by atoms with van der Waals surface area (Å²) in [5.74, 6) is 1.70. The molecule has 1 heterocycles. The number of esters is 1. The second-order valence-electron chi connectivity index (χ2n) is 4.65. The van der Waals surface area contributed by atoms with Crippen LogP contribution in [-0.4, -0.2) is 18.9 Å². The Morgan fingerprint density at radius 2 is 1.77 bits per heavy atom. The van der Waals surface area contributed by atoms with E-state index in [1.165, 1.54) is 0 Å². The first kappa shape index (κ1) is 14.7. The molecule has 114 valence electrons. The zero-order valence-corrected chi connectivity index (χ0v) is 13.3. The molecule has 0 aliphatic carbocycles. The van der Waals surface area contributed by atoms with Crippen LogP contribution in [0.3, 0.4) is 0 Å². The number of hydrogen-bond donors (Lipinski definition) is 0. The number of carbonyl (C=O) groups is 1. The highest BCUT2D eigenvalue weighted by molar-refractivity contribution is 9.10. The minimum absolute atomic E-state index is 0.176. The number of benzene rings is 2. The third-order valence-electron chi connectivity index (χ3n) is 3.02. The van der Waals surface area contributed by atoms with Crippen molar-refractivity contribution in [2.75, 3.05) is 6.79 Å². The van der Waals surface area contributed by atoms with Gasteiger partial charge in [0.2, 0.25) is 6.79 Å². The van der Waals surface area contributed by atoms with Crippen LogP contribution in [0.5, 0.6) is 23.0 Å². The van der Waals surface area contributed by atoms with E-state index in [0.29, 0.717) is 23.0 Å². The lowest BCUT2D eigenvalue weighted by Gasteiger charge is -2.14. The Morgan fingerprint density at radius 1 is 1.09 bits per heavy atom. The van der Waals surface area contributed by atoms with Gasteiger partial charge in [-0.3, -0.25) is 0 Å². The number of hydrogen-bond acceptors (Lipinski definition) is 5. The van der Waals surface area contributed by atoms with Gasteiger partial charge in [0.15, 0.2) is 17.6 Å². The molecular formula is C16H13BrO5. The third kappa shape index (κ3) is 3.33. The van der Waals surface area contributed by atoms with E-state index in [1.807, 2.05) is 12.1 Å². The molecule has 6 heteroatoms. The van der Waals surface area contributed by atoms with Crippen molar-refractivity contribution in [2.24, 2.45) is 0 Å². The molecule has 0 amide bonds. The van der Waals surface area contributed by atoms with Gasteiger partial charge in [-0.1, -0.05) is 15.9 Å². The van der Waals surface area contributed by atoms with Crippen LogP contribution in [0, 0.1) is 0 Å². The Labute approximate surface area is 135 Å². The van der Waals surface area contributed by atoms with Crippen LogP contribution in [0.2, 0.25) is 0 Å². The second-order valence-corrected chi connectivity index (χ2v) is 5.57. The van der Waals surface area contributed by atoms with Crippen molar-refractivity contribution >= 4 is 21.9 Å². The molecule has 3 rings (SSSR count). The maximum Gasteiger partial charge on any atom is 0.352 e. The zero-order valence-electron chi connectivity index (χ0n) is 11.7. The highest BCUT2D eigenvalue weighted by Gasteiger charge is 2.19. The number of halogens is 1. The monoisotopic (exact) mass is 364 g/mol. The predicted octanol–water partition coefficient (Wildman–Crippen LogP) is 3.55. The van der Waals surface area contributed by atoms with E-state index in [4.69, 9.17) is 18.9 Å². The van der Waals surface area contributed by atoms with Gasteiger partial charge in [0.25, 0.3) is 0 Å². The van der Waals surface area contributed by atoms with Crippen molar-refractivity contribution in [3.8, 4) is 23.0 Å². The van der Waals surface area contributed by atoms with E-state index >= 15 is 0 Å². The fourth-order valence-electron chi connectivity index (χ4n) is 1.90. The number of fused-ring (bicyclic) bond motifs is 1. The zero-order chi connectivity index (χ0) is 15.5. The van der Waals surface area contributed by atoms with Gasteiger partial charge in [0.1, 0.15) is 11.5 Å². The van der Waals surface area contributed by atoms with E-state index in [1.54, 1.807) is 37.3 Å². The lowest BCUT2D eigenvalue weighted by atomic mass is 10.3. The first-order chi connectivity index (χ1) is 10.6. The van der Waals surface area contributed by atoms with Gasteiger partial charge in [-0.15, -0.1) is 0 Å². The Bertz CT molecular complexity index is 683. The summed E-state index contributed by atoms with van der Waals surface area (Å²) < 4.78 is 22.2. The van der Waals surface area contributed by atoms with Crippen molar-refractivity contribution in [3.05, 3.63) is 46.9 Å². The largest absolute Gasteiger partial charge is 0.479 e. The highest BCUT2D eigenvalue weighted by Crippen LogP contribution is 2.35. The topological polar surface area (TPSA) is 54.0 Å². The third-order valence-corrected chi connectivity index (χ3v) is 3.55. The average molecular weight is 365 g/mol. The molecule has 5 nitrogen and oxygen atoms in total. The fourth-order valence-corrected chi connectivity index (χ4v) is 2.17. The van der Waals surface area contributed by atoms with Crippen molar-refractivity contribution < 1.29 is 23.7 Å². The van der Waals surface area contributed by atoms with E-state index < -0.39 is 12.1 Å². The Morgan fingerprint density at radius 3 is 2.55 bits per heavy atom. The molecule has 0 radical (unpaired) electrons. The molecule has 1 aliphatic heterocycles. The molecule has 0 unspecified atom stereocenters. The number of ether oxygens (including phenoxy) is 4. The summed E-state index contributed by atoms with van der Waals surface area (Å²) in [6.45, 7) is 1.81. The molecule has 0 spiro atoms. The first-order valence-electron chi connectivity index (χ1n) is 6.65. The maximum absolute atomic E-state index is 12.1. The van der Waals surface area contributed by atoms with Crippen molar-refractivity contribution in [1.29, 1.82) is 0 Å². The minimum Gasteiger partial charge on any atom is -0.479 e. The lowest BCUT2D eigenvalue weighted by molar-refractivity contribution is -0.141. The van der Waals surface area contributed by atoms with E-state index in [0.717, 1.165) is 4.47 Å². The van der Waals surface area contributed by atoms with E-state index in [-0.39, 0.29) is 6.79 Å². The number of carbonyl (C=O) groups excluding carboxylic acids is 1. The molecule has 22 heavy (non-hydrogen) atoms. The summed E-state index contributed by atoms with van der Waals surface area (Å²) >= 11 is 3.34. The number of rotatable bonds is 4. The minimum atomic E-state index is -0.730. The van der Waals surface area contributed by atoms with Gasteiger partial charge >= 0.3 is 5.97 Å². The Balaban J connectivity index is 1.62.